The third-order valence-electron chi connectivity index (χ3n) is 6.43. The molecule has 5 rings (SSSR count). The number of hydrogen-bond acceptors (Lipinski definition) is 3. The van der Waals surface area contributed by atoms with Crippen molar-refractivity contribution in [3.8, 4) is 28.3 Å². The lowest BCUT2D eigenvalue weighted by Crippen LogP contribution is -2.35. The fourth-order valence-electron chi connectivity index (χ4n) is 4.59. The molecule has 1 aliphatic heterocycles. The Bertz CT molecular complexity index is 1260. The van der Waals surface area contributed by atoms with Gasteiger partial charge in [0.05, 0.1) is 11.6 Å². The van der Waals surface area contributed by atoms with Gasteiger partial charge in [0.2, 0.25) is 0 Å². The van der Waals surface area contributed by atoms with Gasteiger partial charge < -0.3 is 9.47 Å². The number of likely N-dealkylation sites (tertiary alicyclic amines) is 1. The van der Waals surface area contributed by atoms with Gasteiger partial charge in [0.25, 0.3) is 0 Å². The van der Waals surface area contributed by atoms with Crippen molar-refractivity contribution in [3.63, 3.8) is 0 Å². The highest BCUT2D eigenvalue weighted by molar-refractivity contribution is 6.31. The number of piperidine rings is 1. The van der Waals surface area contributed by atoms with E-state index in [2.05, 4.69) is 69.2 Å². The molecule has 4 nitrogen and oxygen atoms in total. The largest absolute Gasteiger partial charge is 0.346 e. The molecule has 0 bridgehead atoms. The number of pyridine rings is 1. The number of hydrogen-bond donors (Lipinski definition) is 0. The van der Waals surface area contributed by atoms with E-state index < -0.39 is 0 Å². The number of benzene rings is 2. The summed E-state index contributed by atoms with van der Waals surface area (Å²) >= 11 is 6.37. The monoisotopic (exact) mass is 440 g/mol. The zero-order valence-electron chi connectivity index (χ0n) is 17.9. The van der Waals surface area contributed by atoms with Crippen molar-refractivity contribution in [2.75, 3.05) is 19.6 Å². The van der Waals surface area contributed by atoms with Gasteiger partial charge in [0.15, 0.2) is 0 Å². The second-order valence-corrected chi connectivity index (χ2v) is 8.91. The summed E-state index contributed by atoms with van der Waals surface area (Å²) in [6.07, 6.45) is 8.03. The third-order valence-corrected chi connectivity index (χ3v) is 6.66. The number of halogens is 1. The molecule has 0 radical (unpaired) electrons. The summed E-state index contributed by atoms with van der Waals surface area (Å²) in [5.41, 5.74) is 5.69. The molecule has 0 aliphatic carbocycles. The maximum absolute atomic E-state index is 9.14. The lowest BCUT2D eigenvalue weighted by molar-refractivity contribution is 0.200. The van der Waals surface area contributed by atoms with Crippen molar-refractivity contribution in [1.82, 2.24) is 14.5 Å². The van der Waals surface area contributed by atoms with Crippen molar-refractivity contribution in [2.45, 2.75) is 19.4 Å². The Hall–Kier alpha value is -3.13. The molecule has 160 valence electrons. The van der Waals surface area contributed by atoms with Crippen LogP contribution in [-0.4, -0.2) is 34.1 Å². The van der Waals surface area contributed by atoms with Crippen LogP contribution in [0.25, 0.3) is 33.2 Å². The van der Waals surface area contributed by atoms with Crippen molar-refractivity contribution in [3.05, 3.63) is 78.2 Å². The van der Waals surface area contributed by atoms with Gasteiger partial charge in [-0.3, -0.25) is 4.98 Å². The smallest absolute Gasteiger partial charge is 0.0656 e. The van der Waals surface area contributed by atoms with Crippen LogP contribution in [0.3, 0.4) is 0 Å². The van der Waals surface area contributed by atoms with E-state index in [1.54, 1.807) is 0 Å². The van der Waals surface area contributed by atoms with E-state index in [-0.39, 0.29) is 5.92 Å². The predicted molar refractivity (Wildman–Crippen MR) is 130 cm³/mol. The average Bonchev–Trinajstić information content (AvgIpc) is 3.21. The molecule has 32 heavy (non-hydrogen) atoms. The van der Waals surface area contributed by atoms with E-state index in [1.807, 2.05) is 24.5 Å². The first-order chi connectivity index (χ1) is 15.7. The fraction of sp³-hybridized carbons (Fsp3) is 0.259. The Kier molecular flexibility index (Phi) is 5.94. The van der Waals surface area contributed by atoms with Crippen LogP contribution in [0, 0.1) is 17.2 Å². The summed E-state index contributed by atoms with van der Waals surface area (Å²) in [6.45, 7) is 3.85. The molecule has 1 fully saturated rings. The molecule has 5 heteroatoms. The highest BCUT2D eigenvalue weighted by Crippen LogP contribution is 2.34. The molecule has 0 N–H and O–H groups in total. The summed E-state index contributed by atoms with van der Waals surface area (Å²) in [7, 11) is 0. The van der Waals surface area contributed by atoms with Crippen LogP contribution in [0.1, 0.15) is 12.8 Å². The van der Waals surface area contributed by atoms with Crippen LogP contribution in [0.4, 0.5) is 0 Å². The summed E-state index contributed by atoms with van der Waals surface area (Å²) in [5.74, 6) is 0.216. The molecule has 1 aliphatic rings. The van der Waals surface area contributed by atoms with Crippen LogP contribution in [0.15, 0.2) is 73.2 Å². The molecular weight excluding hydrogens is 416 g/mol. The highest BCUT2D eigenvalue weighted by atomic mass is 35.5. The van der Waals surface area contributed by atoms with Crippen LogP contribution in [0.2, 0.25) is 5.02 Å². The van der Waals surface area contributed by atoms with E-state index in [0.29, 0.717) is 0 Å². The quantitative estimate of drug-likeness (QED) is 0.368. The molecule has 2 aromatic heterocycles. The molecule has 2 aromatic carbocycles. The van der Waals surface area contributed by atoms with Gasteiger partial charge in [-0.25, -0.2) is 0 Å². The zero-order valence-corrected chi connectivity index (χ0v) is 18.7. The molecule has 3 heterocycles. The summed E-state index contributed by atoms with van der Waals surface area (Å²) < 4.78 is 2.31. The molecule has 0 spiro atoms. The second-order valence-electron chi connectivity index (χ2n) is 8.47. The van der Waals surface area contributed by atoms with Crippen molar-refractivity contribution < 1.29 is 0 Å². The van der Waals surface area contributed by atoms with Crippen molar-refractivity contribution in [2.24, 2.45) is 5.92 Å². The van der Waals surface area contributed by atoms with E-state index >= 15 is 0 Å². The molecule has 0 atom stereocenters. The Morgan fingerprint density at radius 3 is 2.50 bits per heavy atom. The number of rotatable bonds is 5. The maximum Gasteiger partial charge on any atom is 0.0656 e. The number of aromatic nitrogens is 2. The maximum atomic E-state index is 9.14. The minimum absolute atomic E-state index is 0.216. The van der Waals surface area contributed by atoms with Crippen LogP contribution >= 0.6 is 11.6 Å². The molecule has 0 unspecified atom stereocenters. The Balaban J connectivity index is 1.45. The summed E-state index contributed by atoms with van der Waals surface area (Å²) in [6, 6.07) is 21.1. The standard InChI is InChI=1S/C27H25ClN4/c28-24-6-7-25-26(23-14-22(17-30-18-23)21-4-2-1-3-5-21)19-32(27(25)15-24)13-12-31-10-8-20(16-29)9-11-31/h1-7,14-15,17-20H,8-13H2. The van der Waals surface area contributed by atoms with Gasteiger partial charge in [-0.15, -0.1) is 0 Å². The molecular formula is C27H25ClN4. The first kappa shape index (κ1) is 20.8. The molecule has 0 amide bonds. The third kappa shape index (κ3) is 4.27. The Labute approximate surface area is 193 Å². The van der Waals surface area contributed by atoms with E-state index in [0.717, 1.165) is 66.3 Å². The minimum Gasteiger partial charge on any atom is -0.346 e. The zero-order chi connectivity index (χ0) is 21.9. The number of fused-ring (bicyclic) bond motifs is 1. The van der Waals surface area contributed by atoms with Crippen LogP contribution in [0.5, 0.6) is 0 Å². The molecule has 1 saturated heterocycles. The van der Waals surface area contributed by atoms with Crippen LogP contribution in [-0.2, 0) is 6.54 Å². The van der Waals surface area contributed by atoms with Gasteiger partial charge in [-0.2, -0.15) is 5.26 Å². The lowest BCUT2D eigenvalue weighted by Gasteiger charge is -2.29. The fourth-order valence-corrected chi connectivity index (χ4v) is 4.76. The average molecular weight is 441 g/mol. The minimum atomic E-state index is 0.216. The van der Waals surface area contributed by atoms with Gasteiger partial charge in [0, 0.05) is 64.7 Å². The van der Waals surface area contributed by atoms with Gasteiger partial charge in [-0.05, 0) is 49.7 Å². The molecule has 4 aromatic rings. The summed E-state index contributed by atoms with van der Waals surface area (Å²) in [4.78, 5) is 7.00. The Morgan fingerprint density at radius 1 is 0.938 bits per heavy atom. The van der Waals surface area contributed by atoms with E-state index in [9.17, 15) is 0 Å². The van der Waals surface area contributed by atoms with E-state index in [4.69, 9.17) is 16.9 Å². The predicted octanol–water partition coefficient (Wildman–Crippen LogP) is 6.26. The van der Waals surface area contributed by atoms with Crippen LogP contribution < -0.4 is 0 Å². The first-order valence-corrected chi connectivity index (χ1v) is 11.5. The second kappa shape index (κ2) is 9.16. The summed E-state index contributed by atoms with van der Waals surface area (Å²) in [5, 5.41) is 11.1. The number of nitriles is 1. The lowest BCUT2D eigenvalue weighted by atomic mass is 9.99. The number of nitrogens with zero attached hydrogens (tertiary/aromatic N) is 4. The topological polar surface area (TPSA) is 44.9 Å². The van der Waals surface area contributed by atoms with Gasteiger partial charge >= 0.3 is 0 Å². The first-order valence-electron chi connectivity index (χ1n) is 11.1. The molecule has 0 saturated carbocycles. The highest BCUT2D eigenvalue weighted by Gasteiger charge is 2.19. The van der Waals surface area contributed by atoms with Crippen molar-refractivity contribution in [1.29, 1.82) is 5.26 Å². The Morgan fingerprint density at radius 2 is 1.72 bits per heavy atom. The van der Waals surface area contributed by atoms with Crippen molar-refractivity contribution >= 4 is 22.5 Å². The normalized spacial score (nSPS) is 15.1. The van der Waals surface area contributed by atoms with Gasteiger partial charge in [-0.1, -0.05) is 48.0 Å². The van der Waals surface area contributed by atoms with Gasteiger partial charge in [0.1, 0.15) is 0 Å². The van der Waals surface area contributed by atoms with E-state index in [1.165, 1.54) is 10.9 Å². The SMILES string of the molecule is N#CC1CCN(CCn2cc(-c3cncc(-c4ccccc4)c3)c3ccc(Cl)cc32)CC1.